The predicted molar refractivity (Wildman–Crippen MR) is 158 cm³/mol. The molecule has 2 N–H and O–H groups in total. The minimum atomic E-state index is -0.130. The molecule has 200 valence electrons. The standard InChI is InChI=1S/C31H34N6OS/c1-4-24-11-5-6-12-26(24)34-28(38)14-17-36-30(29(35-31(36)39)27-13-7-8-16-33-27)25-18-21(2)37(22(25)3)20-23-10-9-15-32-19-23/h5-13,15-16,18-19,29-30H,4,14,17,20H2,1-3H3,(H,34,38)(H,35,39)/t29-,30+/m1/s1. The van der Waals surface area contributed by atoms with Gasteiger partial charge >= 0.3 is 0 Å². The van der Waals surface area contributed by atoms with Gasteiger partial charge in [-0.2, -0.15) is 0 Å². The van der Waals surface area contributed by atoms with Crippen LogP contribution in [0.1, 0.15) is 59.2 Å². The summed E-state index contributed by atoms with van der Waals surface area (Å²) < 4.78 is 2.32. The Morgan fingerprint density at radius 2 is 1.90 bits per heavy atom. The Morgan fingerprint density at radius 3 is 2.64 bits per heavy atom. The summed E-state index contributed by atoms with van der Waals surface area (Å²) in [6.45, 7) is 7.61. The second-order valence-corrected chi connectivity index (χ2v) is 10.3. The molecule has 39 heavy (non-hydrogen) atoms. The summed E-state index contributed by atoms with van der Waals surface area (Å²) >= 11 is 5.84. The van der Waals surface area contributed by atoms with Gasteiger partial charge in [0.15, 0.2) is 5.11 Å². The van der Waals surface area contributed by atoms with E-state index in [9.17, 15) is 4.79 Å². The number of hydrogen-bond acceptors (Lipinski definition) is 4. The summed E-state index contributed by atoms with van der Waals surface area (Å²) in [6, 6.07) is 20.0. The van der Waals surface area contributed by atoms with Crippen molar-refractivity contribution < 1.29 is 4.79 Å². The van der Waals surface area contributed by atoms with Crippen molar-refractivity contribution in [3.8, 4) is 0 Å². The molecular formula is C31H34N6OS. The number of aromatic nitrogens is 3. The zero-order valence-electron chi connectivity index (χ0n) is 22.6. The second kappa shape index (κ2) is 11.8. The molecule has 1 saturated heterocycles. The normalized spacial score (nSPS) is 16.8. The van der Waals surface area contributed by atoms with Crippen LogP contribution in [-0.4, -0.2) is 37.0 Å². The quantitative estimate of drug-likeness (QED) is 0.274. The van der Waals surface area contributed by atoms with Gasteiger partial charge in [0.1, 0.15) is 0 Å². The monoisotopic (exact) mass is 538 g/mol. The van der Waals surface area contributed by atoms with Crippen molar-refractivity contribution in [3.05, 3.63) is 113 Å². The van der Waals surface area contributed by atoms with Gasteiger partial charge in [0.05, 0.1) is 17.8 Å². The molecule has 0 saturated carbocycles. The van der Waals surface area contributed by atoms with Gasteiger partial charge in [-0.15, -0.1) is 0 Å². The minimum absolute atomic E-state index is 0.0270. The van der Waals surface area contributed by atoms with Crippen LogP contribution in [0.15, 0.2) is 79.3 Å². The average Bonchev–Trinajstić information content (AvgIpc) is 3.43. The van der Waals surface area contributed by atoms with E-state index in [4.69, 9.17) is 12.2 Å². The Labute approximate surface area is 235 Å². The first-order chi connectivity index (χ1) is 19.0. The lowest BCUT2D eigenvalue weighted by Crippen LogP contribution is -2.33. The number of nitrogens with zero attached hydrogens (tertiary/aromatic N) is 4. The third-order valence-corrected chi connectivity index (χ3v) is 7.80. The Bertz CT molecular complexity index is 1450. The highest BCUT2D eigenvalue weighted by atomic mass is 32.1. The number of para-hydroxylation sites is 1. The number of benzene rings is 1. The molecule has 1 aromatic carbocycles. The van der Waals surface area contributed by atoms with Crippen LogP contribution >= 0.6 is 12.2 Å². The van der Waals surface area contributed by atoms with E-state index < -0.39 is 0 Å². The van der Waals surface area contributed by atoms with Crippen LogP contribution < -0.4 is 10.6 Å². The first kappa shape index (κ1) is 26.6. The van der Waals surface area contributed by atoms with E-state index in [2.05, 4.69) is 63.0 Å². The van der Waals surface area contributed by atoms with E-state index in [0.29, 0.717) is 18.1 Å². The number of rotatable bonds is 9. The summed E-state index contributed by atoms with van der Waals surface area (Å²) in [5, 5.41) is 7.24. The Morgan fingerprint density at radius 1 is 1.08 bits per heavy atom. The van der Waals surface area contributed by atoms with Gasteiger partial charge in [0.2, 0.25) is 5.91 Å². The minimum Gasteiger partial charge on any atom is -0.352 e. The fraction of sp³-hybridized carbons (Fsp3) is 0.290. The van der Waals surface area contributed by atoms with Crippen molar-refractivity contribution in [1.82, 2.24) is 24.8 Å². The Kier molecular flexibility index (Phi) is 8.02. The topological polar surface area (TPSA) is 75.1 Å². The Balaban J connectivity index is 1.43. The molecule has 5 rings (SSSR count). The smallest absolute Gasteiger partial charge is 0.226 e. The van der Waals surface area contributed by atoms with E-state index in [1.54, 1.807) is 6.20 Å². The summed E-state index contributed by atoms with van der Waals surface area (Å²) in [6.07, 6.45) is 6.69. The summed E-state index contributed by atoms with van der Waals surface area (Å²) in [5.74, 6) is -0.0270. The zero-order chi connectivity index (χ0) is 27.4. The van der Waals surface area contributed by atoms with Crippen molar-refractivity contribution >= 4 is 28.9 Å². The van der Waals surface area contributed by atoms with Crippen LogP contribution in [0.4, 0.5) is 5.69 Å². The molecule has 0 unspecified atom stereocenters. The van der Waals surface area contributed by atoms with Gasteiger partial charge in [-0.25, -0.2) is 0 Å². The first-order valence-corrected chi connectivity index (χ1v) is 13.8. The van der Waals surface area contributed by atoms with Crippen molar-refractivity contribution in [2.75, 3.05) is 11.9 Å². The van der Waals surface area contributed by atoms with Gasteiger partial charge in [-0.3, -0.25) is 14.8 Å². The van der Waals surface area contributed by atoms with Crippen LogP contribution in [0.5, 0.6) is 0 Å². The van der Waals surface area contributed by atoms with Crippen molar-refractivity contribution in [3.63, 3.8) is 0 Å². The van der Waals surface area contributed by atoms with Crippen molar-refractivity contribution in [2.45, 2.75) is 52.2 Å². The van der Waals surface area contributed by atoms with Gasteiger partial charge in [0.25, 0.3) is 0 Å². The van der Waals surface area contributed by atoms with Gasteiger partial charge < -0.3 is 20.1 Å². The summed E-state index contributed by atoms with van der Waals surface area (Å²) in [4.78, 5) is 24.1. The molecule has 4 heterocycles. The number of carbonyl (C=O) groups excluding carboxylic acids is 1. The SMILES string of the molecule is CCc1ccccc1NC(=O)CCN1C(=S)N[C@H](c2ccccn2)[C@@H]1c1cc(C)n(Cc2cccnc2)c1C. The molecule has 7 nitrogen and oxygen atoms in total. The number of amides is 1. The molecule has 2 atom stereocenters. The number of anilines is 1. The van der Waals surface area contributed by atoms with E-state index in [-0.39, 0.29) is 18.0 Å². The van der Waals surface area contributed by atoms with Crippen molar-refractivity contribution in [2.24, 2.45) is 0 Å². The molecular weight excluding hydrogens is 504 g/mol. The van der Waals surface area contributed by atoms with Crippen LogP contribution in [0.25, 0.3) is 0 Å². The number of thiocarbonyl (C=S) groups is 1. The van der Waals surface area contributed by atoms with E-state index in [1.807, 2.05) is 60.9 Å². The van der Waals surface area contributed by atoms with Crippen LogP contribution in [-0.2, 0) is 17.8 Å². The largest absolute Gasteiger partial charge is 0.352 e. The van der Waals surface area contributed by atoms with Gasteiger partial charge in [-0.1, -0.05) is 37.3 Å². The maximum absolute atomic E-state index is 13.0. The molecule has 1 aliphatic rings. The molecule has 1 fully saturated rings. The summed E-state index contributed by atoms with van der Waals surface area (Å²) in [5.41, 5.74) is 7.57. The first-order valence-electron chi connectivity index (χ1n) is 13.4. The molecule has 0 bridgehead atoms. The number of hydrogen-bond donors (Lipinski definition) is 2. The third kappa shape index (κ3) is 5.71. The van der Waals surface area contributed by atoms with Crippen LogP contribution in [0.2, 0.25) is 0 Å². The number of pyridine rings is 2. The average molecular weight is 539 g/mol. The van der Waals surface area contributed by atoms with Crippen LogP contribution in [0.3, 0.4) is 0 Å². The Hall–Kier alpha value is -4.04. The van der Waals surface area contributed by atoms with Crippen LogP contribution in [0, 0.1) is 13.8 Å². The van der Waals surface area contributed by atoms with Gasteiger partial charge in [-0.05, 0) is 79.5 Å². The highest BCUT2D eigenvalue weighted by Crippen LogP contribution is 2.41. The highest BCUT2D eigenvalue weighted by Gasteiger charge is 2.41. The molecule has 4 aromatic rings. The van der Waals surface area contributed by atoms with Gasteiger partial charge in [0, 0.05) is 55.2 Å². The maximum atomic E-state index is 13.0. The summed E-state index contributed by atoms with van der Waals surface area (Å²) in [7, 11) is 0. The lowest BCUT2D eigenvalue weighted by atomic mass is 9.96. The lowest BCUT2D eigenvalue weighted by Gasteiger charge is -2.28. The molecule has 1 aliphatic heterocycles. The third-order valence-electron chi connectivity index (χ3n) is 7.44. The number of nitrogens with one attached hydrogen (secondary N) is 2. The lowest BCUT2D eigenvalue weighted by molar-refractivity contribution is -0.116. The molecule has 8 heteroatoms. The molecule has 0 aliphatic carbocycles. The molecule has 1 amide bonds. The van der Waals surface area contributed by atoms with E-state index in [1.165, 1.54) is 11.3 Å². The second-order valence-electron chi connectivity index (χ2n) is 9.90. The fourth-order valence-electron chi connectivity index (χ4n) is 5.41. The van der Waals surface area contributed by atoms with Crippen molar-refractivity contribution in [1.29, 1.82) is 0 Å². The maximum Gasteiger partial charge on any atom is 0.226 e. The molecule has 0 radical (unpaired) electrons. The van der Waals surface area contributed by atoms with E-state index in [0.717, 1.165) is 41.2 Å². The predicted octanol–water partition coefficient (Wildman–Crippen LogP) is 5.51. The van der Waals surface area contributed by atoms with E-state index >= 15 is 0 Å². The molecule has 3 aromatic heterocycles. The number of carbonyl (C=O) groups is 1. The fourth-order valence-corrected chi connectivity index (χ4v) is 5.75. The number of aryl methyl sites for hydroxylation is 2. The zero-order valence-corrected chi connectivity index (χ0v) is 23.4. The molecule has 0 spiro atoms. The highest BCUT2D eigenvalue weighted by molar-refractivity contribution is 7.80.